The van der Waals surface area contributed by atoms with Gasteiger partial charge in [0.05, 0.1) is 17.8 Å². The van der Waals surface area contributed by atoms with E-state index in [1.807, 2.05) is 26.0 Å². The van der Waals surface area contributed by atoms with Crippen molar-refractivity contribution in [2.24, 2.45) is 5.92 Å². The summed E-state index contributed by atoms with van der Waals surface area (Å²) in [4.78, 5) is 14.9. The maximum Gasteiger partial charge on any atom is 0.253 e. The molecule has 2 aliphatic heterocycles. The molecule has 0 atom stereocenters. The minimum atomic E-state index is -0.812. The van der Waals surface area contributed by atoms with Crippen LogP contribution in [0.1, 0.15) is 64.4 Å². The fraction of sp³-hybridized carbons (Fsp3) is 0.560. The first-order chi connectivity index (χ1) is 15.1. The van der Waals surface area contributed by atoms with Gasteiger partial charge in [-0.1, -0.05) is 13.8 Å². The molecule has 2 aromatic rings. The van der Waals surface area contributed by atoms with E-state index >= 15 is 0 Å². The van der Waals surface area contributed by atoms with Gasteiger partial charge in [-0.2, -0.15) is 0 Å². The van der Waals surface area contributed by atoms with Crippen LogP contribution in [-0.4, -0.2) is 40.6 Å². The summed E-state index contributed by atoms with van der Waals surface area (Å²) >= 11 is 0. The van der Waals surface area contributed by atoms with Crippen LogP contribution in [0.15, 0.2) is 30.5 Å². The molecule has 0 saturated carbocycles. The SMILES string of the molecule is CC(C)CCOc1ccc(C(=O)N2CCC3(CC2)NC(C)(C)Cn2cc(F)c(F)c23)cc1.[HH]. The van der Waals surface area contributed by atoms with Crippen LogP contribution in [0, 0.1) is 17.6 Å². The second-order valence-electron chi connectivity index (χ2n) is 10.2. The largest absolute Gasteiger partial charge is 0.494 e. The molecule has 2 aliphatic rings. The van der Waals surface area contributed by atoms with Crippen molar-refractivity contribution in [1.82, 2.24) is 14.8 Å². The molecule has 1 N–H and O–H groups in total. The molecule has 1 fully saturated rings. The van der Waals surface area contributed by atoms with Crippen LogP contribution in [0.25, 0.3) is 0 Å². The number of hydrogen-bond acceptors (Lipinski definition) is 3. The first-order valence-electron chi connectivity index (χ1n) is 11.5. The van der Waals surface area contributed by atoms with Crippen molar-refractivity contribution in [2.45, 2.75) is 64.6 Å². The molecule has 3 heterocycles. The van der Waals surface area contributed by atoms with Gasteiger partial charge in [-0.15, -0.1) is 0 Å². The standard InChI is InChI=1S/C25H33F2N3O2.H2/c1-17(2)9-14-32-19-7-5-18(6-8-19)23(31)29-12-10-25(11-13-29)22-21(27)20(26)15-30(22)16-24(3,4)28-25;/h5-8,15,17,28H,9-14,16H2,1-4H3;1H. The van der Waals surface area contributed by atoms with Gasteiger partial charge in [-0.05, 0) is 63.3 Å². The third-order valence-corrected chi connectivity index (χ3v) is 6.54. The van der Waals surface area contributed by atoms with Crippen LogP contribution in [0.5, 0.6) is 5.75 Å². The Balaban J connectivity index is 0.00000306. The van der Waals surface area contributed by atoms with Crippen LogP contribution < -0.4 is 10.1 Å². The number of benzene rings is 1. The zero-order valence-corrected chi connectivity index (χ0v) is 19.4. The fourth-order valence-corrected chi connectivity index (χ4v) is 5.02. The number of ether oxygens (including phenoxy) is 1. The van der Waals surface area contributed by atoms with Gasteiger partial charge in [0.1, 0.15) is 5.75 Å². The van der Waals surface area contributed by atoms with Gasteiger partial charge < -0.3 is 14.2 Å². The summed E-state index contributed by atoms with van der Waals surface area (Å²) < 4.78 is 36.2. The zero-order valence-electron chi connectivity index (χ0n) is 19.4. The summed E-state index contributed by atoms with van der Waals surface area (Å²) in [5.74, 6) is -0.304. The van der Waals surface area contributed by atoms with Crippen molar-refractivity contribution >= 4 is 5.91 Å². The van der Waals surface area contributed by atoms with Crippen molar-refractivity contribution in [3.8, 4) is 5.75 Å². The van der Waals surface area contributed by atoms with Crippen LogP contribution in [0.4, 0.5) is 8.78 Å². The number of nitrogens with one attached hydrogen (secondary N) is 1. The van der Waals surface area contributed by atoms with E-state index in [0.717, 1.165) is 12.2 Å². The molecule has 0 bridgehead atoms. The number of fused-ring (bicyclic) bond motifs is 2. The highest BCUT2D eigenvalue weighted by Crippen LogP contribution is 2.41. The van der Waals surface area contributed by atoms with Gasteiger partial charge in [-0.25, -0.2) is 8.78 Å². The van der Waals surface area contributed by atoms with E-state index in [1.54, 1.807) is 21.6 Å². The third-order valence-electron chi connectivity index (χ3n) is 6.54. The second kappa shape index (κ2) is 8.50. The molecular weight excluding hydrogens is 412 g/mol. The van der Waals surface area contributed by atoms with Gasteiger partial charge in [0.25, 0.3) is 5.91 Å². The lowest BCUT2D eigenvalue weighted by molar-refractivity contribution is 0.0509. The van der Waals surface area contributed by atoms with Crippen LogP contribution >= 0.6 is 0 Å². The molecule has 7 heteroatoms. The van der Waals surface area contributed by atoms with E-state index in [2.05, 4.69) is 19.2 Å². The first-order valence-corrected chi connectivity index (χ1v) is 11.5. The molecule has 5 nitrogen and oxygen atoms in total. The summed E-state index contributed by atoms with van der Waals surface area (Å²) in [5.41, 5.74) is 0.00261. The lowest BCUT2D eigenvalue weighted by Crippen LogP contribution is -2.63. The summed E-state index contributed by atoms with van der Waals surface area (Å²) in [6.45, 7) is 10.5. The molecule has 0 aliphatic carbocycles. The summed E-state index contributed by atoms with van der Waals surface area (Å²) in [5, 5.41) is 3.57. The Labute approximate surface area is 190 Å². The lowest BCUT2D eigenvalue weighted by atomic mass is 9.79. The monoisotopic (exact) mass is 447 g/mol. The molecule has 1 amide bonds. The Kier molecular flexibility index (Phi) is 6.05. The quantitative estimate of drug-likeness (QED) is 0.705. The number of halogens is 2. The second-order valence-corrected chi connectivity index (χ2v) is 10.2. The summed E-state index contributed by atoms with van der Waals surface area (Å²) in [6, 6.07) is 7.24. The molecule has 4 rings (SSSR count). The average Bonchev–Trinajstić information content (AvgIpc) is 3.01. The Morgan fingerprint density at radius 1 is 1.19 bits per heavy atom. The predicted octanol–water partition coefficient (Wildman–Crippen LogP) is 4.95. The molecule has 176 valence electrons. The Morgan fingerprint density at radius 3 is 2.47 bits per heavy atom. The van der Waals surface area contributed by atoms with Crippen LogP contribution in [0.3, 0.4) is 0 Å². The number of carbonyl (C=O) groups excluding carboxylic acids is 1. The van der Waals surface area contributed by atoms with Crippen molar-refractivity contribution in [3.63, 3.8) is 0 Å². The number of rotatable bonds is 5. The average molecular weight is 448 g/mol. The molecule has 0 unspecified atom stereocenters. The van der Waals surface area contributed by atoms with Gasteiger partial charge in [0.2, 0.25) is 0 Å². The maximum absolute atomic E-state index is 14.7. The first kappa shape index (κ1) is 22.8. The van der Waals surface area contributed by atoms with E-state index < -0.39 is 17.2 Å². The Hall–Kier alpha value is -2.41. The van der Waals surface area contributed by atoms with Crippen molar-refractivity contribution < 1.29 is 19.7 Å². The van der Waals surface area contributed by atoms with Gasteiger partial charge in [0, 0.05) is 38.4 Å². The minimum absolute atomic E-state index is 0. The molecule has 32 heavy (non-hydrogen) atoms. The Bertz CT molecular complexity index is 980. The van der Waals surface area contributed by atoms with E-state index in [0.29, 0.717) is 56.3 Å². The molecular formula is C25H35F2N3O2. The fourth-order valence-electron chi connectivity index (χ4n) is 5.02. The topological polar surface area (TPSA) is 46.5 Å². The number of aromatic nitrogens is 1. The highest BCUT2D eigenvalue weighted by Gasteiger charge is 2.48. The highest BCUT2D eigenvalue weighted by molar-refractivity contribution is 5.94. The molecule has 1 aromatic heterocycles. The van der Waals surface area contributed by atoms with Gasteiger partial charge in [-0.3, -0.25) is 10.1 Å². The van der Waals surface area contributed by atoms with E-state index in [1.165, 1.54) is 6.20 Å². The number of piperidine rings is 1. The van der Waals surface area contributed by atoms with E-state index in [4.69, 9.17) is 4.74 Å². The van der Waals surface area contributed by atoms with Crippen molar-refractivity contribution in [1.29, 1.82) is 0 Å². The molecule has 0 radical (unpaired) electrons. The molecule has 1 aromatic carbocycles. The maximum atomic E-state index is 14.7. The van der Waals surface area contributed by atoms with E-state index in [9.17, 15) is 13.6 Å². The van der Waals surface area contributed by atoms with Crippen LogP contribution in [-0.2, 0) is 12.1 Å². The predicted molar refractivity (Wildman–Crippen MR) is 122 cm³/mol. The van der Waals surface area contributed by atoms with E-state index in [-0.39, 0.29) is 12.9 Å². The number of carbonyl (C=O) groups is 1. The number of amides is 1. The summed E-state index contributed by atoms with van der Waals surface area (Å²) in [7, 11) is 0. The third kappa shape index (κ3) is 4.40. The zero-order chi connectivity index (χ0) is 23.1. The molecule has 1 spiro atoms. The highest BCUT2D eigenvalue weighted by atomic mass is 19.2. The van der Waals surface area contributed by atoms with Crippen molar-refractivity contribution in [2.75, 3.05) is 19.7 Å². The van der Waals surface area contributed by atoms with Crippen LogP contribution in [0.2, 0.25) is 0 Å². The van der Waals surface area contributed by atoms with Crippen molar-refractivity contribution in [3.05, 3.63) is 53.4 Å². The normalized spacial score (nSPS) is 19.3. The lowest BCUT2D eigenvalue weighted by Gasteiger charge is -2.50. The minimum Gasteiger partial charge on any atom is -0.494 e. The smallest absolute Gasteiger partial charge is 0.253 e. The number of likely N-dealkylation sites (tertiary alicyclic amines) is 1. The number of nitrogens with zero attached hydrogens (tertiary/aromatic N) is 2. The van der Waals surface area contributed by atoms with Gasteiger partial charge in [0.15, 0.2) is 11.6 Å². The summed E-state index contributed by atoms with van der Waals surface area (Å²) in [6.07, 6.45) is 3.30. The molecule has 1 saturated heterocycles. The Morgan fingerprint density at radius 2 is 1.84 bits per heavy atom. The van der Waals surface area contributed by atoms with Gasteiger partial charge >= 0.3 is 0 Å². The number of hydrogen-bond donors (Lipinski definition) is 1.